The van der Waals surface area contributed by atoms with Gasteiger partial charge in [0.25, 0.3) is 0 Å². The number of hydrogen-bond donors (Lipinski definition) is 1. The van der Waals surface area contributed by atoms with E-state index >= 15 is 0 Å². The van der Waals surface area contributed by atoms with E-state index in [0.29, 0.717) is 0 Å². The summed E-state index contributed by atoms with van der Waals surface area (Å²) in [5, 5.41) is 0. The zero-order valence-electron chi connectivity index (χ0n) is 5.50. The van der Waals surface area contributed by atoms with Gasteiger partial charge in [0.2, 0.25) is 0 Å². The summed E-state index contributed by atoms with van der Waals surface area (Å²) in [6.07, 6.45) is -0.907. The first-order valence-electron chi connectivity index (χ1n) is 2.65. The SMILES string of the molecule is CC(C)O[P@](=O)(F)CN. The molecule has 0 aliphatic rings. The Bertz CT molecular complexity index is 128. The summed E-state index contributed by atoms with van der Waals surface area (Å²) in [4.78, 5) is 0. The normalized spacial score (nSPS) is 17.9. The van der Waals surface area contributed by atoms with E-state index in [-0.39, 0.29) is 6.10 Å². The minimum atomic E-state index is -3.95. The second-order valence-electron chi connectivity index (χ2n) is 1.93. The lowest BCUT2D eigenvalue weighted by Gasteiger charge is -2.09. The molecule has 0 radical (unpaired) electrons. The summed E-state index contributed by atoms with van der Waals surface area (Å²) in [6.45, 7) is 3.20. The summed E-state index contributed by atoms with van der Waals surface area (Å²) in [6, 6.07) is 0. The molecule has 9 heavy (non-hydrogen) atoms. The molecule has 1 atom stereocenters. The van der Waals surface area contributed by atoms with Crippen LogP contribution in [-0.4, -0.2) is 12.4 Å². The molecule has 0 amide bonds. The number of nitrogens with two attached hydrogens (primary N) is 1. The van der Waals surface area contributed by atoms with E-state index in [4.69, 9.17) is 5.73 Å². The average molecular weight is 155 g/mol. The number of rotatable bonds is 3. The largest absolute Gasteiger partial charge is 0.380 e. The third-order valence-electron chi connectivity index (χ3n) is 0.586. The van der Waals surface area contributed by atoms with Crippen LogP contribution in [0.3, 0.4) is 0 Å². The summed E-state index contributed by atoms with van der Waals surface area (Å²) < 4.78 is 27.0. The minimum Gasteiger partial charge on any atom is -0.320 e. The fourth-order valence-electron chi connectivity index (χ4n) is 0.358. The van der Waals surface area contributed by atoms with Crippen molar-refractivity contribution in [3.8, 4) is 0 Å². The quantitative estimate of drug-likeness (QED) is 0.628. The summed E-state index contributed by atoms with van der Waals surface area (Å²) in [5.41, 5.74) is 4.79. The van der Waals surface area contributed by atoms with E-state index in [1.807, 2.05) is 0 Å². The molecule has 0 fully saturated rings. The van der Waals surface area contributed by atoms with Crippen LogP contribution in [0.15, 0.2) is 0 Å². The Morgan fingerprint density at radius 3 is 2.33 bits per heavy atom. The van der Waals surface area contributed by atoms with Gasteiger partial charge in [0.1, 0.15) is 6.29 Å². The second kappa shape index (κ2) is 3.30. The molecule has 0 aliphatic heterocycles. The monoisotopic (exact) mass is 155 g/mol. The van der Waals surface area contributed by atoms with E-state index in [2.05, 4.69) is 4.52 Å². The van der Waals surface area contributed by atoms with Gasteiger partial charge < -0.3 is 10.3 Å². The van der Waals surface area contributed by atoms with Gasteiger partial charge >= 0.3 is 7.68 Å². The van der Waals surface area contributed by atoms with Gasteiger partial charge in [-0.15, -0.1) is 0 Å². The van der Waals surface area contributed by atoms with Gasteiger partial charge in [-0.3, -0.25) is 4.57 Å². The maximum Gasteiger partial charge on any atom is 0.380 e. The zero-order valence-corrected chi connectivity index (χ0v) is 6.40. The first-order valence-corrected chi connectivity index (χ1v) is 4.35. The van der Waals surface area contributed by atoms with Crippen LogP contribution in [0.5, 0.6) is 0 Å². The lowest BCUT2D eigenvalue weighted by atomic mass is 10.5. The standard InChI is InChI=1S/C4H11FNO2P/c1-4(2)8-9(5,7)3-6/h4H,3,6H2,1-2H3/t9-/m0/s1. The Hall–Kier alpha value is 0.0800. The van der Waals surface area contributed by atoms with Gasteiger partial charge in [-0.25, -0.2) is 0 Å². The van der Waals surface area contributed by atoms with E-state index < -0.39 is 14.0 Å². The molecule has 0 heterocycles. The van der Waals surface area contributed by atoms with Crippen molar-refractivity contribution < 1.29 is 13.3 Å². The van der Waals surface area contributed by atoms with Crippen LogP contribution in [0.1, 0.15) is 13.8 Å². The Labute approximate surface area is 54.0 Å². The highest BCUT2D eigenvalue weighted by Crippen LogP contribution is 2.47. The first kappa shape index (κ1) is 9.08. The topological polar surface area (TPSA) is 52.3 Å². The molecule has 0 saturated heterocycles. The Morgan fingerprint density at radius 1 is 1.78 bits per heavy atom. The summed E-state index contributed by atoms with van der Waals surface area (Å²) in [5.74, 6) is 0. The van der Waals surface area contributed by atoms with E-state index in [0.717, 1.165) is 0 Å². The molecule has 0 aromatic rings. The Balaban J connectivity index is 3.73. The van der Waals surface area contributed by atoms with E-state index in [9.17, 15) is 8.76 Å². The fraction of sp³-hybridized carbons (Fsp3) is 1.00. The average Bonchev–Trinajstić information content (AvgIpc) is 1.63. The molecule has 0 unspecified atom stereocenters. The molecule has 2 N–H and O–H groups in total. The van der Waals surface area contributed by atoms with Crippen molar-refractivity contribution >= 4 is 7.68 Å². The molecular weight excluding hydrogens is 144 g/mol. The summed E-state index contributed by atoms with van der Waals surface area (Å²) >= 11 is 0. The van der Waals surface area contributed by atoms with Gasteiger partial charge in [-0.05, 0) is 13.8 Å². The highest BCUT2D eigenvalue weighted by molar-refractivity contribution is 7.53. The van der Waals surface area contributed by atoms with Crippen LogP contribution in [0.4, 0.5) is 4.20 Å². The predicted octanol–water partition coefficient (Wildman–Crippen LogP) is 1.49. The highest BCUT2D eigenvalue weighted by Gasteiger charge is 2.20. The van der Waals surface area contributed by atoms with Crippen molar-refractivity contribution in [2.45, 2.75) is 20.0 Å². The molecule has 3 nitrogen and oxygen atoms in total. The predicted molar refractivity (Wildman–Crippen MR) is 34.0 cm³/mol. The van der Waals surface area contributed by atoms with Crippen molar-refractivity contribution in [2.24, 2.45) is 5.73 Å². The maximum atomic E-state index is 12.3. The number of halogens is 1. The molecular formula is C4H11FNO2P. The minimum absolute atomic E-state index is 0.371. The molecule has 56 valence electrons. The number of hydrogen-bond acceptors (Lipinski definition) is 3. The van der Waals surface area contributed by atoms with Crippen LogP contribution in [0.25, 0.3) is 0 Å². The molecule has 0 rings (SSSR count). The van der Waals surface area contributed by atoms with Gasteiger partial charge in [-0.1, -0.05) is 0 Å². The van der Waals surface area contributed by atoms with Crippen molar-refractivity contribution in [1.82, 2.24) is 0 Å². The van der Waals surface area contributed by atoms with Crippen LogP contribution in [-0.2, 0) is 9.09 Å². The Kier molecular flexibility index (Phi) is 3.33. The highest BCUT2D eigenvalue weighted by atomic mass is 31.2. The third kappa shape index (κ3) is 4.58. The van der Waals surface area contributed by atoms with Crippen molar-refractivity contribution in [3.63, 3.8) is 0 Å². The second-order valence-corrected chi connectivity index (χ2v) is 3.68. The van der Waals surface area contributed by atoms with Gasteiger partial charge in [-0.2, -0.15) is 4.20 Å². The van der Waals surface area contributed by atoms with Gasteiger partial charge in [0.05, 0.1) is 6.10 Å². The van der Waals surface area contributed by atoms with Crippen LogP contribution >= 0.6 is 7.68 Å². The van der Waals surface area contributed by atoms with Crippen LogP contribution in [0, 0.1) is 0 Å². The summed E-state index contributed by atoms with van der Waals surface area (Å²) in [7, 11) is -3.95. The fourth-order valence-corrected chi connectivity index (χ4v) is 1.07. The van der Waals surface area contributed by atoms with Crippen molar-refractivity contribution in [1.29, 1.82) is 0 Å². The van der Waals surface area contributed by atoms with Crippen LogP contribution < -0.4 is 5.73 Å². The molecule has 0 aromatic carbocycles. The smallest absolute Gasteiger partial charge is 0.320 e. The van der Waals surface area contributed by atoms with Crippen LogP contribution in [0.2, 0.25) is 0 Å². The third-order valence-corrected chi connectivity index (χ3v) is 1.76. The van der Waals surface area contributed by atoms with Gasteiger partial charge in [0, 0.05) is 0 Å². The lowest BCUT2D eigenvalue weighted by molar-refractivity contribution is 0.224. The van der Waals surface area contributed by atoms with Crippen molar-refractivity contribution in [3.05, 3.63) is 0 Å². The van der Waals surface area contributed by atoms with Gasteiger partial charge in [0.15, 0.2) is 0 Å². The molecule has 0 bridgehead atoms. The molecule has 0 saturated carbocycles. The molecule has 0 spiro atoms. The molecule has 5 heteroatoms. The van der Waals surface area contributed by atoms with Crippen molar-refractivity contribution in [2.75, 3.05) is 6.29 Å². The lowest BCUT2D eigenvalue weighted by Crippen LogP contribution is -2.05. The maximum absolute atomic E-state index is 12.3. The Morgan fingerprint density at radius 2 is 2.22 bits per heavy atom. The molecule has 0 aromatic heterocycles. The zero-order chi connectivity index (χ0) is 7.49. The van der Waals surface area contributed by atoms with E-state index in [1.165, 1.54) is 0 Å². The van der Waals surface area contributed by atoms with E-state index in [1.54, 1.807) is 13.8 Å². The molecule has 0 aliphatic carbocycles. The first-order chi connectivity index (χ1) is 3.98.